The van der Waals surface area contributed by atoms with E-state index in [1.54, 1.807) is 6.92 Å². The van der Waals surface area contributed by atoms with Gasteiger partial charge in [0.1, 0.15) is 5.69 Å². The van der Waals surface area contributed by atoms with Gasteiger partial charge < -0.3 is 30.7 Å². The molecule has 68 heavy (non-hydrogen) atoms. The van der Waals surface area contributed by atoms with Gasteiger partial charge in [-0.05, 0) is 79.6 Å². The van der Waals surface area contributed by atoms with Crippen LogP contribution in [0.4, 0.5) is 27.3 Å². The van der Waals surface area contributed by atoms with Crippen molar-refractivity contribution in [3.63, 3.8) is 0 Å². The second-order valence-electron chi connectivity index (χ2n) is 12.6. The number of thioether (sulfide) groups is 2. The molecule has 2 aromatic carbocycles. The van der Waals surface area contributed by atoms with E-state index in [-0.39, 0.29) is 91.4 Å². The molecule has 6 rings (SSSR count). The maximum Gasteiger partial charge on any atom is 1.00 e. The van der Waals surface area contributed by atoms with Crippen molar-refractivity contribution in [2.24, 2.45) is 10.2 Å². The van der Waals surface area contributed by atoms with Crippen molar-refractivity contribution >= 4 is 106 Å². The summed E-state index contributed by atoms with van der Waals surface area (Å²) >= 11 is 4.31. The van der Waals surface area contributed by atoms with E-state index < -0.39 is 60.8 Å². The van der Waals surface area contributed by atoms with Crippen LogP contribution in [0.3, 0.4) is 0 Å². The third-order valence-corrected chi connectivity index (χ3v) is 13.8. The van der Waals surface area contributed by atoms with Crippen molar-refractivity contribution < 1.29 is 85.5 Å². The van der Waals surface area contributed by atoms with Crippen LogP contribution in [-0.2, 0) is 20.2 Å². The number of rotatable bonds is 14. The molecular formula is C36H30N11NaO14S6. The maximum absolute atomic E-state index is 13.1. The molecule has 0 amide bonds. The Morgan fingerprint density at radius 3 is 1.74 bits per heavy atom. The number of anilines is 1. The fourth-order valence-corrected chi connectivity index (χ4v) is 10.0. The molecule has 350 valence electrons. The fraction of sp³-hybridized carbons (Fsp3) is 0.167. The Kier molecular flexibility index (Phi) is 20.5. The zero-order valence-electron chi connectivity index (χ0n) is 34.9. The van der Waals surface area contributed by atoms with Gasteiger partial charge in [0.25, 0.3) is 32.1 Å². The fourth-order valence-electron chi connectivity index (χ4n) is 4.98. The number of pyridine rings is 2. The van der Waals surface area contributed by atoms with Crippen LogP contribution >= 0.6 is 46.2 Å². The number of azo groups is 1. The van der Waals surface area contributed by atoms with Gasteiger partial charge in [-0.15, -0.1) is 30.6 Å². The number of carbonyl (C=O) groups is 2. The van der Waals surface area contributed by atoms with Crippen LogP contribution in [-0.4, -0.2) is 111 Å². The summed E-state index contributed by atoms with van der Waals surface area (Å²) in [5, 5.41) is 61.3. The van der Waals surface area contributed by atoms with Crippen LogP contribution in [0.5, 0.6) is 11.8 Å². The summed E-state index contributed by atoms with van der Waals surface area (Å²) in [4.78, 5) is 53.3. The second-order valence-corrected chi connectivity index (χ2v) is 20.3. The Labute approximate surface area is 422 Å². The molecule has 4 aromatic heterocycles. The molecule has 0 radical (unpaired) electrons. The van der Waals surface area contributed by atoms with E-state index in [1.807, 2.05) is 0 Å². The van der Waals surface area contributed by atoms with Crippen molar-refractivity contribution in [3.05, 3.63) is 120 Å². The van der Waals surface area contributed by atoms with E-state index in [0.29, 0.717) is 25.1 Å². The number of benzene rings is 2. The number of nitrogens with zero attached hydrogens (tertiary/aromatic N) is 10. The quantitative estimate of drug-likeness (QED) is 0.0299. The Morgan fingerprint density at radius 2 is 1.26 bits per heavy atom. The number of carboxylic acid groups (broad SMARTS) is 2. The number of hydrogen-bond acceptors (Lipinski definition) is 22. The van der Waals surface area contributed by atoms with Crippen LogP contribution in [0.1, 0.15) is 31.8 Å². The number of nitrogens with two attached hydrogens (primary N) is 1. The van der Waals surface area contributed by atoms with Crippen LogP contribution in [0, 0.1) is 27.0 Å². The summed E-state index contributed by atoms with van der Waals surface area (Å²) in [5.74, 6) is -3.99. The topological polar surface area (TPSA) is 382 Å². The van der Waals surface area contributed by atoms with Crippen LogP contribution in [0.25, 0.3) is 21.1 Å². The van der Waals surface area contributed by atoms with Crippen molar-refractivity contribution in [2.45, 2.75) is 22.5 Å². The smallest absolute Gasteiger partial charge is 0.748 e. The third kappa shape index (κ3) is 15.7. The Morgan fingerprint density at radius 1 is 0.779 bits per heavy atom. The van der Waals surface area contributed by atoms with Crippen molar-refractivity contribution in [3.8, 4) is 23.1 Å². The molecule has 0 saturated carbocycles. The number of aryl methyl sites for hydroxylation is 1. The van der Waals surface area contributed by atoms with Crippen LogP contribution < -0.4 is 46.4 Å². The molecule has 4 heterocycles. The number of carboxylic acids is 2. The van der Waals surface area contributed by atoms with E-state index in [9.17, 15) is 50.8 Å². The van der Waals surface area contributed by atoms with Gasteiger partial charge in [-0.1, -0.05) is 46.2 Å². The SMILES string of the molecule is Nc1nnc(SCCS(=O)(=O)O)s1.[C-]#[N+]c1c(C)c(N=Nc2nnc(SCCS(=O)(=O)[O-])s2)c(=O)n(-c2ccc(C(=O)O)cc2)c1O.[C-]#[N+]c1c(C)cc(=O)n(-c2ccc(C(=O)O)cc2)c1O.[Na+]. The molecule has 0 bridgehead atoms. The van der Waals surface area contributed by atoms with E-state index in [0.717, 1.165) is 32.2 Å². The second kappa shape index (κ2) is 24.8. The zero-order chi connectivity index (χ0) is 49.8. The molecule has 32 heteroatoms. The molecule has 0 unspecified atom stereocenters. The predicted octanol–water partition coefficient (Wildman–Crippen LogP) is 2.21. The first-order valence-electron chi connectivity index (χ1n) is 17.8. The molecule has 6 aromatic rings. The third-order valence-electron chi connectivity index (χ3n) is 8.04. The molecular weight excluding hydrogens is 1030 g/mol. The van der Waals surface area contributed by atoms with Crippen molar-refractivity contribution in [2.75, 3.05) is 28.7 Å². The minimum atomic E-state index is -4.35. The molecule has 0 aliphatic rings. The van der Waals surface area contributed by atoms with Crippen LogP contribution in [0.15, 0.2) is 83.1 Å². The van der Waals surface area contributed by atoms with Crippen LogP contribution in [0.2, 0.25) is 0 Å². The van der Waals surface area contributed by atoms with E-state index in [4.69, 9.17) is 33.6 Å². The summed E-state index contributed by atoms with van der Waals surface area (Å²) in [6.07, 6.45) is 0. The monoisotopic (exact) mass is 1060 g/mol. The molecule has 7 N–H and O–H groups in total. The first-order chi connectivity index (χ1) is 31.4. The molecule has 0 spiro atoms. The summed E-state index contributed by atoms with van der Waals surface area (Å²) in [7, 11) is -8.24. The summed E-state index contributed by atoms with van der Waals surface area (Å²) in [6.45, 7) is 17.3. The Hall–Kier alpha value is -6.10. The minimum Gasteiger partial charge on any atom is -0.748 e. The molecule has 0 saturated heterocycles. The largest absolute Gasteiger partial charge is 1.00 e. The zero-order valence-corrected chi connectivity index (χ0v) is 41.8. The van der Waals surface area contributed by atoms with E-state index >= 15 is 0 Å². The van der Waals surface area contributed by atoms with Gasteiger partial charge in [0.15, 0.2) is 8.68 Å². The predicted molar refractivity (Wildman–Crippen MR) is 244 cm³/mol. The van der Waals surface area contributed by atoms with Gasteiger partial charge in [0, 0.05) is 17.3 Å². The summed E-state index contributed by atoms with van der Waals surface area (Å²) < 4.78 is 63.7. The van der Waals surface area contributed by atoms with Crippen molar-refractivity contribution in [1.29, 1.82) is 0 Å². The first kappa shape index (κ1) is 56.2. The van der Waals surface area contributed by atoms with Crippen molar-refractivity contribution in [1.82, 2.24) is 29.5 Å². The van der Waals surface area contributed by atoms with Gasteiger partial charge in [-0.2, -0.15) is 8.42 Å². The molecule has 25 nitrogen and oxygen atoms in total. The first-order valence-corrected chi connectivity index (χ1v) is 24.6. The molecule has 0 atom stereocenters. The van der Waals surface area contributed by atoms with E-state index in [2.05, 4.69) is 40.3 Å². The summed E-state index contributed by atoms with van der Waals surface area (Å²) in [6, 6.07) is 11.7. The normalized spacial score (nSPS) is 11.0. The van der Waals surface area contributed by atoms with Gasteiger partial charge in [-0.25, -0.2) is 27.7 Å². The number of nitrogen functional groups attached to an aromatic ring is 1. The average Bonchev–Trinajstić information content (AvgIpc) is 3.88. The maximum atomic E-state index is 13.1. The summed E-state index contributed by atoms with van der Waals surface area (Å²) in [5.41, 5.74) is 4.38. The number of aromatic carboxylic acids is 2. The van der Waals surface area contributed by atoms with Gasteiger partial charge in [0.2, 0.25) is 22.6 Å². The molecule has 0 aliphatic heterocycles. The standard InChI is InChI=1S/C18H14N6O7S3.C14H10N2O4.C4H7N3O3S3.Na/c1-9-12(19-2)14(25)24(11-5-3-10(4-6-11)16(27)28)15(26)13(9)20-21-17-22-23-18(33-17)32-7-8-34(29,30)31;1-8-7-11(17)16(13(18)12(8)15-2)10-5-3-9(4-6-10)14(19)20;5-3-6-7-4(12-3)11-1-2-13(8,9)10;/h3-6,25H,7-8H2,1H3,(H,27,28)(H,29,30,31);3-7,18H,1H3,(H,19,20);1-2H2,(H2,5,6)(H,8,9,10);/q;;;+1/p-1. The Bertz CT molecular complexity index is 3290. The molecule has 0 aliphatic carbocycles. The van der Waals surface area contributed by atoms with Gasteiger partial charge in [0.05, 0.1) is 51.5 Å². The average molecular weight is 1060 g/mol. The molecule has 0 fully saturated rings. The number of aromatic hydroxyl groups is 2. The Balaban J connectivity index is 0.000000303. The van der Waals surface area contributed by atoms with Gasteiger partial charge >= 0.3 is 41.5 Å². The van der Waals surface area contributed by atoms with Gasteiger partial charge in [-0.3, -0.25) is 23.3 Å². The van der Waals surface area contributed by atoms with E-state index in [1.165, 1.54) is 84.6 Å². The minimum absolute atomic E-state index is 0. The number of hydrogen-bond donors (Lipinski definition) is 6. The number of aromatic nitrogens is 6.